The molecule has 0 bridgehead atoms. The van der Waals surface area contributed by atoms with Gasteiger partial charge in [-0.25, -0.2) is 4.68 Å². The number of nitrogens with zero attached hydrogens (tertiary/aromatic N) is 4. The van der Waals surface area contributed by atoms with E-state index in [1.807, 2.05) is 16.8 Å². The second kappa shape index (κ2) is 8.49. The molecule has 0 unspecified atom stereocenters. The SMILES string of the molecule is CC1CCN(Cc2ccc(C(=O)Nc3ccnn3C3CCN(C)CC3)o2)CC1. The highest BCUT2D eigenvalue weighted by Crippen LogP contribution is 2.25. The van der Waals surface area contributed by atoms with Crippen LogP contribution in [0.5, 0.6) is 0 Å². The van der Waals surface area contributed by atoms with Gasteiger partial charge in [-0.05, 0) is 77.0 Å². The molecule has 2 saturated heterocycles. The van der Waals surface area contributed by atoms with Gasteiger partial charge < -0.3 is 14.6 Å². The molecule has 7 heteroatoms. The van der Waals surface area contributed by atoms with E-state index in [4.69, 9.17) is 4.42 Å². The minimum Gasteiger partial charge on any atom is -0.455 e. The normalized spacial score (nSPS) is 20.5. The molecule has 2 aliphatic rings. The molecule has 0 aromatic carbocycles. The summed E-state index contributed by atoms with van der Waals surface area (Å²) in [6, 6.07) is 5.87. The molecule has 7 nitrogen and oxygen atoms in total. The van der Waals surface area contributed by atoms with E-state index in [0.717, 1.165) is 63.1 Å². The molecule has 2 aliphatic heterocycles. The number of rotatable bonds is 5. The van der Waals surface area contributed by atoms with E-state index in [1.165, 1.54) is 12.8 Å². The first-order valence-electron chi connectivity index (χ1n) is 10.4. The van der Waals surface area contributed by atoms with Gasteiger partial charge in [-0.1, -0.05) is 6.92 Å². The summed E-state index contributed by atoms with van der Waals surface area (Å²) in [5.74, 6) is 2.54. The summed E-state index contributed by atoms with van der Waals surface area (Å²) in [5.41, 5.74) is 0. The predicted molar refractivity (Wildman–Crippen MR) is 108 cm³/mol. The van der Waals surface area contributed by atoms with Crippen molar-refractivity contribution in [3.8, 4) is 0 Å². The van der Waals surface area contributed by atoms with Crippen LogP contribution < -0.4 is 5.32 Å². The van der Waals surface area contributed by atoms with E-state index in [1.54, 1.807) is 12.3 Å². The molecule has 1 N–H and O–H groups in total. The van der Waals surface area contributed by atoms with Crippen molar-refractivity contribution in [1.29, 1.82) is 0 Å². The molecule has 2 fully saturated rings. The van der Waals surface area contributed by atoms with E-state index in [9.17, 15) is 4.79 Å². The molecule has 152 valence electrons. The third-order valence-electron chi connectivity index (χ3n) is 6.09. The average molecular weight is 386 g/mol. The molecule has 4 heterocycles. The lowest BCUT2D eigenvalue weighted by Gasteiger charge is -2.29. The second-order valence-electron chi connectivity index (χ2n) is 8.37. The zero-order valence-corrected chi connectivity index (χ0v) is 16.9. The Morgan fingerprint density at radius 3 is 2.64 bits per heavy atom. The number of hydrogen-bond donors (Lipinski definition) is 1. The van der Waals surface area contributed by atoms with Gasteiger partial charge in [0.25, 0.3) is 5.91 Å². The number of amides is 1. The largest absolute Gasteiger partial charge is 0.455 e. The molecule has 2 aromatic heterocycles. The Balaban J connectivity index is 1.36. The van der Waals surface area contributed by atoms with Crippen LogP contribution in [0.25, 0.3) is 0 Å². The second-order valence-corrected chi connectivity index (χ2v) is 8.37. The monoisotopic (exact) mass is 385 g/mol. The fourth-order valence-corrected chi connectivity index (χ4v) is 4.15. The number of likely N-dealkylation sites (tertiary alicyclic amines) is 2. The summed E-state index contributed by atoms with van der Waals surface area (Å²) in [7, 11) is 2.14. The van der Waals surface area contributed by atoms with Crippen molar-refractivity contribution in [1.82, 2.24) is 19.6 Å². The van der Waals surface area contributed by atoms with Crippen LogP contribution in [0.15, 0.2) is 28.8 Å². The first kappa shape index (κ1) is 19.2. The van der Waals surface area contributed by atoms with Gasteiger partial charge in [-0.3, -0.25) is 9.69 Å². The molecule has 1 amide bonds. The van der Waals surface area contributed by atoms with Crippen LogP contribution in [0.3, 0.4) is 0 Å². The summed E-state index contributed by atoms with van der Waals surface area (Å²) in [6.07, 6.45) is 6.30. The Kier molecular flexibility index (Phi) is 5.82. The third-order valence-corrected chi connectivity index (χ3v) is 6.09. The van der Waals surface area contributed by atoms with E-state index in [2.05, 4.69) is 34.2 Å². The smallest absolute Gasteiger partial charge is 0.292 e. The average Bonchev–Trinajstić information content (AvgIpc) is 3.34. The van der Waals surface area contributed by atoms with E-state index in [0.29, 0.717) is 11.8 Å². The fraction of sp³-hybridized carbons (Fsp3) is 0.619. The molecule has 0 aliphatic carbocycles. The van der Waals surface area contributed by atoms with Crippen molar-refractivity contribution in [2.24, 2.45) is 5.92 Å². The number of aromatic nitrogens is 2. The van der Waals surface area contributed by atoms with E-state index < -0.39 is 0 Å². The molecular weight excluding hydrogens is 354 g/mol. The van der Waals surface area contributed by atoms with Crippen molar-refractivity contribution in [3.05, 3.63) is 35.9 Å². The highest BCUT2D eigenvalue weighted by molar-refractivity contribution is 6.01. The van der Waals surface area contributed by atoms with E-state index >= 15 is 0 Å². The maximum Gasteiger partial charge on any atom is 0.292 e. The van der Waals surface area contributed by atoms with Gasteiger partial charge in [0, 0.05) is 6.07 Å². The standard InChI is InChI=1S/C21H31N5O2/c1-16-6-13-25(14-7-16)15-18-3-4-19(28-18)21(27)23-20-5-10-22-26(20)17-8-11-24(2)12-9-17/h3-5,10,16-17H,6-9,11-15H2,1-2H3,(H,23,27). The molecule has 4 rings (SSSR count). The molecule has 28 heavy (non-hydrogen) atoms. The Labute approximate surface area is 166 Å². The fourth-order valence-electron chi connectivity index (χ4n) is 4.15. The quantitative estimate of drug-likeness (QED) is 0.856. The summed E-state index contributed by atoms with van der Waals surface area (Å²) in [6.45, 7) is 7.37. The minimum absolute atomic E-state index is 0.215. The Morgan fingerprint density at radius 1 is 1.14 bits per heavy atom. The van der Waals surface area contributed by atoms with Crippen molar-refractivity contribution in [2.45, 2.75) is 45.2 Å². The van der Waals surface area contributed by atoms with Gasteiger partial charge in [0.05, 0.1) is 18.8 Å². The van der Waals surface area contributed by atoms with Crippen LogP contribution in [0.1, 0.15) is 55.0 Å². The highest BCUT2D eigenvalue weighted by atomic mass is 16.4. The highest BCUT2D eigenvalue weighted by Gasteiger charge is 2.23. The maximum atomic E-state index is 12.7. The number of carbonyl (C=O) groups excluding carboxylic acids is 1. The van der Waals surface area contributed by atoms with Crippen molar-refractivity contribution in [3.63, 3.8) is 0 Å². The molecule has 2 aromatic rings. The van der Waals surface area contributed by atoms with Crippen LogP contribution in [0, 0.1) is 5.92 Å². The minimum atomic E-state index is -0.215. The van der Waals surface area contributed by atoms with Crippen LogP contribution in [-0.2, 0) is 6.54 Å². The summed E-state index contributed by atoms with van der Waals surface area (Å²) >= 11 is 0. The predicted octanol–water partition coefficient (Wildman–Crippen LogP) is 3.23. The van der Waals surface area contributed by atoms with Gasteiger partial charge in [0.2, 0.25) is 0 Å². The molecule has 0 radical (unpaired) electrons. The van der Waals surface area contributed by atoms with Gasteiger partial charge in [0.1, 0.15) is 11.6 Å². The number of hydrogen-bond acceptors (Lipinski definition) is 5. The van der Waals surface area contributed by atoms with Crippen molar-refractivity contribution < 1.29 is 9.21 Å². The summed E-state index contributed by atoms with van der Waals surface area (Å²) in [4.78, 5) is 17.4. The van der Waals surface area contributed by atoms with Gasteiger partial charge in [-0.2, -0.15) is 5.10 Å². The summed E-state index contributed by atoms with van der Waals surface area (Å²) < 4.78 is 7.78. The molecular formula is C21H31N5O2. The Morgan fingerprint density at radius 2 is 1.89 bits per heavy atom. The maximum absolute atomic E-state index is 12.7. The summed E-state index contributed by atoms with van der Waals surface area (Å²) in [5, 5.41) is 7.43. The van der Waals surface area contributed by atoms with Crippen LogP contribution in [-0.4, -0.2) is 58.7 Å². The van der Waals surface area contributed by atoms with Crippen LogP contribution in [0.4, 0.5) is 5.82 Å². The zero-order chi connectivity index (χ0) is 19.5. The van der Waals surface area contributed by atoms with Gasteiger partial charge in [-0.15, -0.1) is 0 Å². The number of carbonyl (C=O) groups is 1. The van der Waals surface area contributed by atoms with Gasteiger partial charge in [0.15, 0.2) is 5.76 Å². The lowest BCUT2D eigenvalue weighted by Crippen LogP contribution is -2.32. The number of furan rings is 1. The molecule has 0 spiro atoms. The first-order chi connectivity index (χ1) is 13.6. The van der Waals surface area contributed by atoms with Crippen molar-refractivity contribution >= 4 is 11.7 Å². The lowest BCUT2D eigenvalue weighted by molar-refractivity contribution is 0.0989. The van der Waals surface area contributed by atoms with Gasteiger partial charge >= 0.3 is 0 Å². The zero-order valence-electron chi connectivity index (χ0n) is 16.9. The lowest BCUT2D eigenvalue weighted by atomic mass is 9.99. The van der Waals surface area contributed by atoms with Crippen molar-refractivity contribution in [2.75, 3.05) is 38.5 Å². The first-order valence-corrected chi connectivity index (χ1v) is 10.4. The van der Waals surface area contributed by atoms with E-state index in [-0.39, 0.29) is 5.91 Å². The number of piperidine rings is 2. The Bertz CT molecular complexity index is 782. The third kappa shape index (κ3) is 4.47. The molecule has 0 saturated carbocycles. The molecule has 0 atom stereocenters. The van der Waals surface area contributed by atoms with Crippen LogP contribution in [0.2, 0.25) is 0 Å². The van der Waals surface area contributed by atoms with Crippen LogP contribution >= 0.6 is 0 Å². The number of nitrogens with one attached hydrogen (secondary N) is 1. The number of anilines is 1. The topological polar surface area (TPSA) is 66.5 Å². The Hall–Kier alpha value is -2.12.